The van der Waals surface area contributed by atoms with E-state index < -0.39 is 11.8 Å². The molecule has 0 amide bonds. The molecule has 0 heterocycles. The summed E-state index contributed by atoms with van der Waals surface area (Å²) in [6.07, 6.45) is 3.74. The van der Waals surface area contributed by atoms with Crippen LogP contribution in [0.5, 0.6) is 11.5 Å². The van der Waals surface area contributed by atoms with Gasteiger partial charge in [0.1, 0.15) is 5.75 Å². The van der Waals surface area contributed by atoms with Crippen molar-refractivity contribution in [1.29, 1.82) is 0 Å². The van der Waals surface area contributed by atoms with Gasteiger partial charge in [0.15, 0.2) is 11.6 Å². The molecule has 0 aliphatic heterocycles. The number of halogens is 1. The Morgan fingerprint density at radius 3 is 2.38 bits per heavy atom. The van der Waals surface area contributed by atoms with Crippen LogP contribution in [0.1, 0.15) is 41.1 Å². The van der Waals surface area contributed by atoms with Gasteiger partial charge in [-0.1, -0.05) is 18.6 Å². The zero-order valence-electron chi connectivity index (χ0n) is 11.4. The second-order valence-corrected chi connectivity index (χ2v) is 5.25. The number of carboxylic acid groups (broad SMARTS) is 1. The van der Waals surface area contributed by atoms with Gasteiger partial charge in [0.25, 0.3) is 0 Å². The summed E-state index contributed by atoms with van der Waals surface area (Å²) in [6.45, 7) is 0. The lowest BCUT2D eigenvalue weighted by Gasteiger charge is -2.25. The van der Waals surface area contributed by atoms with Crippen molar-refractivity contribution in [3.05, 3.63) is 59.4 Å². The number of rotatable bonds is 4. The molecule has 1 aliphatic carbocycles. The highest BCUT2D eigenvalue weighted by Crippen LogP contribution is 2.37. The predicted octanol–water partition coefficient (Wildman–Crippen LogP) is 4.58. The van der Waals surface area contributed by atoms with E-state index >= 15 is 0 Å². The summed E-state index contributed by atoms with van der Waals surface area (Å²) in [6, 6.07) is 11.3. The highest BCUT2D eigenvalue weighted by molar-refractivity contribution is 5.87. The van der Waals surface area contributed by atoms with E-state index in [1.165, 1.54) is 37.0 Å². The van der Waals surface area contributed by atoms with Gasteiger partial charge in [-0.2, -0.15) is 0 Å². The Balaban J connectivity index is 1.75. The number of hydrogen-bond acceptors (Lipinski definition) is 2. The van der Waals surface area contributed by atoms with Gasteiger partial charge in [0.2, 0.25) is 0 Å². The average molecular weight is 286 g/mol. The van der Waals surface area contributed by atoms with E-state index in [1.54, 1.807) is 0 Å². The van der Waals surface area contributed by atoms with Crippen molar-refractivity contribution in [2.75, 3.05) is 0 Å². The monoisotopic (exact) mass is 286 g/mol. The molecule has 21 heavy (non-hydrogen) atoms. The molecule has 4 heteroatoms. The standard InChI is InChI=1S/C17H15FO3/c18-15-10-13(17(19)20)6-9-16(15)21-14-7-4-12(5-8-14)11-2-1-3-11/h4-11H,1-3H2,(H,19,20). The molecular weight excluding hydrogens is 271 g/mol. The Labute approximate surface area is 122 Å². The molecular formula is C17H15FO3. The molecule has 1 N–H and O–H groups in total. The minimum absolute atomic E-state index is 0.0244. The second-order valence-electron chi connectivity index (χ2n) is 5.25. The molecule has 1 fully saturated rings. The van der Waals surface area contributed by atoms with Gasteiger partial charge in [0, 0.05) is 0 Å². The Morgan fingerprint density at radius 2 is 1.86 bits per heavy atom. The molecule has 0 bridgehead atoms. The Hall–Kier alpha value is -2.36. The molecule has 0 aromatic heterocycles. The van der Waals surface area contributed by atoms with Crippen LogP contribution in [0.15, 0.2) is 42.5 Å². The maximum absolute atomic E-state index is 13.8. The van der Waals surface area contributed by atoms with Crippen molar-refractivity contribution in [3.63, 3.8) is 0 Å². The van der Waals surface area contributed by atoms with Crippen LogP contribution in [0.4, 0.5) is 4.39 Å². The molecule has 3 rings (SSSR count). The molecule has 0 atom stereocenters. The van der Waals surface area contributed by atoms with Gasteiger partial charge < -0.3 is 9.84 Å². The van der Waals surface area contributed by atoms with Crippen LogP contribution in [0, 0.1) is 5.82 Å². The highest BCUT2D eigenvalue weighted by Gasteiger charge is 2.19. The lowest BCUT2D eigenvalue weighted by Crippen LogP contribution is -2.08. The van der Waals surface area contributed by atoms with Crippen LogP contribution >= 0.6 is 0 Å². The lowest BCUT2D eigenvalue weighted by molar-refractivity contribution is 0.0696. The topological polar surface area (TPSA) is 46.5 Å². The fourth-order valence-corrected chi connectivity index (χ4v) is 2.39. The van der Waals surface area contributed by atoms with E-state index in [0.29, 0.717) is 11.7 Å². The van der Waals surface area contributed by atoms with E-state index in [2.05, 4.69) is 0 Å². The molecule has 3 nitrogen and oxygen atoms in total. The fourth-order valence-electron chi connectivity index (χ4n) is 2.39. The number of ether oxygens (including phenoxy) is 1. The number of carboxylic acids is 1. The van der Waals surface area contributed by atoms with Gasteiger partial charge in [-0.25, -0.2) is 9.18 Å². The quantitative estimate of drug-likeness (QED) is 0.894. The summed E-state index contributed by atoms with van der Waals surface area (Å²) < 4.78 is 19.2. The smallest absolute Gasteiger partial charge is 0.335 e. The Morgan fingerprint density at radius 1 is 1.14 bits per heavy atom. The van der Waals surface area contributed by atoms with Crippen LogP contribution in [-0.2, 0) is 0 Å². The van der Waals surface area contributed by atoms with Gasteiger partial charge in [-0.3, -0.25) is 0 Å². The number of aromatic carboxylic acids is 1. The normalized spacial score (nSPS) is 14.5. The molecule has 0 radical (unpaired) electrons. The first-order valence-corrected chi connectivity index (χ1v) is 6.94. The van der Waals surface area contributed by atoms with E-state index in [-0.39, 0.29) is 11.3 Å². The largest absolute Gasteiger partial charge is 0.478 e. The van der Waals surface area contributed by atoms with Gasteiger partial charge in [0.05, 0.1) is 5.56 Å². The molecule has 2 aromatic rings. The molecule has 1 aliphatic rings. The summed E-state index contributed by atoms with van der Waals surface area (Å²) in [4.78, 5) is 10.8. The van der Waals surface area contributed by atoms with Crippen LogP contribution in [0.25, 0.3) is 0 Å². The maximum atomic E-state index is 13.8. The molecule has 0 saturated heterocycles. The van der Waals surface area contributed by atoms with Crippen molar-refractivity contribution in [1.82, 2.24) is 0 Å². The summed E-state index contributed by atoms with van der Waals surface area (Å²) in [5, 5.41) is 8.79. The summed E-state index contributed by atoms with van der Waals surface area (Å²) in [5.74, 6) is -0.634. The number of benzene rings is 2. The predicted molar refractivity (Wildman–Crippen MR) is 76.5 cm³/mol. The Kier molecular flexibility index (Phi) is 3.60. The third kappa shape index (κ3) is 2.89. The zero-order chi connectivity index (χ0) is 14.8. The fraction of sp³-hybridized carbons (Fsp3) is 0.235. The van der Waals surface area contributed by atoms with Crippen molar-refractivity contribution in [3.8, 4) is 11.5 Å². The molecule has 108 valence electrons. The lowest BCUT2D eigenvalue weighted by atomic mass is 9.80. The first kappa shape index (κ1) is 13.6. The average Bonchev–Trinajstić information content (AvgIpc) is 2.41. The van der Waals surface area contributed by atoms with Crippen LogP contribution < -0.4 is 4.74 Å². The molecule has 0 unspecified atom stereocenters. The van der Waals surface area contributed by atoms with Crippen molar-refractivity contribution in [2.45, 2.75) is 25.2 Å². The summed E-state index contributed by atoms with van der Waals surface area (Å²) in [7, 11) is 0. The van der Waals surface area contributed by atoms with Crippen molar-refractivity contribution in [2.24, 2.45) is 0 Å². The summed E-state index contributed by atoms with van der Waals surface area (Å²) in [5.41, 5.74) is 1.19. The molecule has 0 spiro atoms. The number of hydrogen-bond donors (Lipinski definition) is 1. The zero-order valence-corrected chi connectivity index (χ0v) is 11.4. The third-order valence-corrected chi connectivity index (χ3v) is 3.86. The van der Waals surface area contributed by atoms with Crippen molar-refractivity contribution < 1.29 is 19.0 Å². The van der Waals surface area contributed by atoms with Crippen LogP contribution in [0.3, 0.4) is 0 Å². The van der Waals surface area contributed by atoms with E-state index in [9.17, 15) is 9.18 Å². The van der Waals surface area contributed by atoms with Gasteiger partial charge >= 0.3 is 5.97 Å². The first-order valence-electron chi connectivity index (χ1n) is 6.94. The first-order chi connectivity index (χ1) is 10.1. The minimum Gasteiger partial charge on any atom is -0.478 e. The molecule has 1 saturated carbocycles. The SMILES string of the molecule is O=C(O)c1ccc(Oc2ccc(C3CCC3)cc2)c(F)c1. The van der Waals surface area contributed by atoms with E-state index in [4.69, 9.17) is 9.84 Å². The third-order valence-electron chi connectivity index (χ3n) is 3.86. The van der Waals surface area contributed by atoms with E-state index in [0.717, 1.165) is 6.07 Å². The van der Waals surface area contributed by atoms with Crippen molar-refractivity contribution >= 4 is 5.97 Å². The highest BCUT2D eigenvalue weighted by atomic mass is 19.1. The minimum atomic E-state index is -1.16. The molecule has 2 aromatic carbocycles. The maximum Gasteiger partial charge on any atom is 0.335 e. The van der Waals surface area contributed by atoms with Gasteiger partial charge in [-0.15, -0.1) is 0 Å². The van der Waals surface area contributed by atoms with Crippen LogP contribution in [-0.4, -0.2) is 11.1 Å². The second kappa shape index (κ2) is 5.56. The summed E-state index contributed by atoms with van der Waals surface area (Å²) >= 11 is 0. The van der Waals surface area contributed by atoms with Gasteiger partial charge in [-0.05, 0) is 54.7 Å². The van der Waals surface area contributed by atoms with Crippen LogP contribution in [0.2, 0.25) is 0 Å². The Bertz CT molecular complexity index is 660. The van der Waals surface area contributed by atoms with E-state index in [1.807, 2.05) is 24.3 Å². The number of carbonyl (C=O) groups is 1.